The normalized spacial score (nSPS) is 14.2. The molecule has 0 bridgehead atoms. The monoisotopic (exact) mass is 600 g/mol. The molecule has 4 heterocycles. The Morgan fingerprint density at radius 1 is 1.09 bits per heavy atom. The molecule has 0 atom stereocenters. The summed E-state index contributed by atoms with van der Waals surface area (Å²) in [5.41, 5.74) is 7.65. The van der Waals surface area contributed by atoms with E-state index in [1.807, 2.05) is 29.0 Å². The second-order valence-corrected chi connectivity index (χ2v) is 17.6. The summed E-state index contributed by atoms with van der Waals surface area (Å²) in [7, 11) is 0.924. The van der Waals surface area contributed by atoms with Gasteiger partial charge in [-0.05, 0) is 49.0 Å². The van der Waals surface area contributed by atoms with Crippen LogP contribution in [-0.2, 0) is 16.3 Å². The molecule has 11 nitrogen and oxygen atoms in total. The third-order valence-corrected chi connectivity index (χ3v) is 9.04. The number of aromatic nitrogens is 4. The maximum Gasteiger partial charge on any atom is 0.248 e. The molecule has 0 spiro atoms. The number of fused-ring (bicyclic) bond motifs is 1. The van der Waals surface area contributed by atoms with Gasteiger partial charge in [0.05, 0.1) is 17.3 Å². The second-order valence-electron chi connectivity index (χ2n) is 12.0. The third-order valence-electron chi connectivity index (χ3n) is 7.34. The smallest absolute Gasteiger partial charge is 0.248 e. The topological polar surface area (TPSA) is 124 Å². The maximum atomic E-state index is 11.7. The molecule has 226 valence electrons. The van der Waals surface area contributed by atoms with Gasteiger partial charge in [-0.25, -0.2) is 4.98 Å². The minimum absolute atomic E-state index is 0.204. The molecule has 1 amide bonds. The van der Waals surface area contributed by atoms with Crippen molar-refractivity contribution in [1.29, 1.82) is 0 Å². The van der Waals surface area contributed by atoms with Gasteiger partial charge >= 0.3 is 0 Å². The number of primary amides is 1. The van der Waals surface area contributed by atoms with Gasteiger partial charge in [0.15, 0.2) is 5.65 Å². The summed E-state index contributed by atoms with van der Waals surface area (Å²) in [5.74, 6) is 1.56. The molecule has 0 aliphatic carbocycles. The number of likely N-dealkylation sites (N-methyl/N-ethyl adjacent to an activating group) is 1. The molecule has 1 saturated heterocycles. The van der Waals surface area contributed by atoms with Gasteiger partial charge in [0, 0.05) is 52.6 Å². The van der Waals surface area contributed by atoms with Crippen LogP contribution in [0.3, 0.4) is 0 Å². The number of carbonyl (C=O) groups excluding carboxylic acids is 1. The number of ether oxygens (including phenoxy) is 2. The molecule has 1 fully saturated rings. The van der Waals surface area contributed by atoms with Crippen LogP contribution in [0.1, 0.15) is 5.56 Å². The Balaban J connectivity index is 1.41. The van der Waals surface area contributed by atoms with Crippen LogP contribution in [-0.4, -0.2) is 78.2 Å². The molecular weight excluding hydrogens is 560 g/mol. The van der Waals surface area contributed by atoms with Crippen molar-refractivity contribution < 1.29 is 14.3 Å². The molecule has 5 rings (SSSR count). The number of amides is 1. The predicted molar refractivity (Wildman–Crippen MR) is 174 cm³/mol. The number of nitrogens with zero attached hydrogens (tertiary/aromatic N) is 6. The number of hydrogen-bond donors (Lipinski definition) is 2. The number of nitrogens with two attached hydrogens (primary N) is 1. The summed E-state index contributed by atoms with van der Waals surface area (Å²) >= 11 is 0. The maximum absolute atomic E-state index is 11.7. The van der Waals surface area contributed by atoms with Gasteiger partial charge in [-0.2, -0.15) is 9.97 Å². The van der Waals surface area contributed by atoms with Crippen LogP contribution in [0.25, 0.3) is 16.6 Å². The molecule has 43 heavy (non-hydrogen) atoms. The van der Waals surface area contributed by atoms with Crippen LogP contribution in [0, 0.1) is 0 Å². The first-order chi connectivity index (χ1) is 20.6. The SMILES string of the molecule is C=C(C(N)=O)c1cccc(Oc2nc(Nc3ccc(N4CCN(C)CC4)nc3)nc3c2ccn3COCC[Si](C)(C)C)c1. The number of nitrogens with one attached hydrogen (secondary N) is 1. The highest BCUT2D eigenvalue weighted by Crippen LogP contribution is 2.31. The average Bonchev–Trinajstić information content (AvgIpc) is 3.38. The van der Waals surface area contributed by atoms with Crippen molar-refractivity contribution in [1.82, 2.24) is 24.4 Å². The molecule has 3 aromatic heterocycles. The van der Waals surface area contributed by atoms with Crippen LogP contribution in [0.5, 0.6) is 11.6 Å². The number of benzene rings is 1. The van der Waals surface area contributed by atoms with Crippen LogP contribution in [0.2, 0.25) is 25.7 Å². The van der Waals surface area contributed by atoms with Gasteiger partial charge in [-0.3, -0.25) is 4.79 Å². The van der Waals surface area contributed by atoms with E-state index in [1.165, 1.54) is 0 Å². The van der Waals surface area contributed by atoms with E-state index in [2.05, 4.69) is 53.4 Å². The molecule has 0 unspecified atom stereocenters. The first-order valence-electron chi connectivity index (χ1n) is 14.4. The highest BCUT2D eigenvalue weighted by Gasteiger charge is 2.18. The Bertz CT molecular complexity index is 1590. The van der Waals surface area contributed by atoms with Crippen molar-refractivity contribution in [2.75, 3.05) is 50.1 Å². The van der Waals surface area contributed by atoms with Gasteiger partial charge < -0.3 is 34.9 Å². The van der Waals surface area contributed by atoms with Gasteiger partial charge in [0.25, 0.3) is 0 Å². The first kappa shape index (κ1) is 30.2. The highest BCUT2D eigenvalue weighted by molar-refractivity contribution is 6.76. The number of anilines is 3. The molecule has 12 heteroatoms. The molecule has 1 aliphatic heterocycles. The third kappa shape index (κ3) is 7.77. The van der Waals surface area contributed by atoms with E-state index in [1.54, 1.807) is 30.5 Å². The molecule has 1 aliphatic rings. The number of pyridine rings is 1. The number of piperazine rings is 1. The lowest BCUT2D eigenvalue weighted by atomic mass is 10.1. The van der Waals surface area contributed by atoms with Gasteiger partial charge in [0.1, 0.15) is 18.3 Å². The van der Waals surface area contributed by atoms with Crippen LogP contribution < -0.4 is 20.7 Å². The van der Waals surface area contributed by atoms with E-state index < -0.39 is 14.0 Å². The van der Waals surface area contributed by atoms with Crippen molar-refractivity contribution in [2.45, 2.75) is 32.4 Å². The number of carbonyl (C=O) groups is 1. The van der Waals surface area contributed by atoms with Crippen molar-refractivity contribution >= 4 is 48.0 Å². The first-order valence-corrected chi connectivity index (χ1v) is 18.1. The zero-order valence-corrected chi connectivity index (χ0v) is 26.3. The molecule has 0 radical (unpaired) electrons. The van der Waals surface area contributed by atoms with Crippen molar-refractivity contribution in [3.8, 4) is 11.6 Å². The van der Waals surface area contributed by atoms with Crippen LogP contribution in [0.4, 0.5) is 17.5 Å². The Hall–Kier alpha value is -4.26. The van der Waals surface area contributed by atoms with Gasteiger partial charge in [-0.15, -0.1) is 0 Å². The van der Waals surface area contributed by atoms with E-state index >= 15 is 0 Å². The highest BCUT2D eigenvalue weighted by atomic mass is 28.3. The number of hydrogen-bond acceptors (Lipinski definition) is 9. The van der Waals surface area contributed by atoms with Gasteiger partial charge in [-0.1, -0.05) is 38.4 Å². The van der Waals surface area contributed by atoms with Crippen LogP contribution in [0.15, 0.2) is 61.4 Å². The summed E-state index contributed by atoms with van der Waals surface area (Å²) in [4.78, 5) is 30.5. The lowest BCUT2D eigenvalue weighted by Gasteiger charge is -2.33. The molecule has 0 saturated carbocycles. The van der Waals surface area contributed by atoms with Crippen molar-refractivity contribution in [3.63, 3.8) is 0 Å². The Labute approximate surface area is 253 Å². The number of rotatable bonds is 12. The van der Waals surface area contributed by atoms with E-state index in [0.717, 1.165) is 49.1 Å². The summed E-state index contributed by atoms with van der Waals surface area (Å²) in [6.07, 6.45) is 3.71. The van der Waals surface area contributed by atoms with E-state index in [-0.39, 0.29) is 5.57 Å². The Morgan fingerprint density at radius 2 is 1.88 bits per heavy atom. The fourth-order valence-electron chi connectivity index (χ4n) is 4.63. The molecule has 1 aromatic carbocycles. The van der Waals surface area contributed by atoms with E-state index in [4.69, 9.17) is 25.2 Å². The lowest BCUT2D eigenvalue weighted by molar-refractivity contribution is -0.112. The summed E-state index contributed by atoms with van der Waals surface area (Å²) in [5, 5.41) is 4.02. The summed E-state index contributed by atoms with van der Waals surface area (Å²) in [6.45, 7) is 15.7. The van der Waals surface area contributed by atoms with E-state index in [0.29, 0.717) is 42.1 Å². The second kappa shape index (κ2) is 12.9. The van der Waals surface area contributed by atoms with Crippen molar-refractivity contribution in [2.24, 2.45) is 5.73 Å². The predicted octanol–water partition coefficient (Wildman–Crippen LogP) is 4.92. The van der Waals surface area contributed by atoms with Crippen LogP contribution >= 0.6 is 0 Å². The minimum Gasteiger partial charge on any atom is -0.438 e. The Morgan fingerprint density at radius 3 is 2.58 bits per heavy atom. The molecular formula is C31H40N8O3Si. The van der Waals surface area contributed by atoms with Crippen molar-refractivity contribution in [3.05, 3.63) is 67.0 Å². The van der Waals surface area contributed by atoms with E-state index in [9.17, 15) is 4.79 Å². The fraction of sp³-hybridized carbons (Fsp3) is 0.355. The standard InChI is InChI=1S/C31H40N8O3Si/c1-22(28(32)40)23-7-6-8-25(19-23)42-30-26-11-12-39(21-41-17-18-43(3,4)5)29(26)35-31(36-30)34-24-9-10-27(33-20-24)38-15-13-37(2)14-16-38/h6-12,19-20H,1,13-18,21H2,2-5H3,(H2,32,40)(H,34,35,36). The fourth-order valence-corrected chi connectivity index (χ4v) is 5.39. The lowest BCUT2D eigenvalue weighted by Crippen LogP contribution is -2.44. The Kier molecular flexibility index (Phi) is 9.09. The summed E-state index contributed by atoms with van der Waals surface area (Å²) < 4.78 is 14.2. The average molecular weight is 601 g/mol. The molecule has 4 aromatic rings. The largest absolute Gasteiger partial charge is 0.438 e. The minimum atomic E-state index is -1.21. The summed E-state index contributed by atoms with van der Waals surface area (Å²) in [6, 6.07) is 14.0. The zero-order chi connectivity index (χ0) is 30.6. The van der Waals surface area contributed by atoms with Gasteiger partial charge in [0.2, 0.25) is 17.7 Å². The zero-order valence-electron chi connectivity index (χ0n) is 25.3. The quantitative estimate of drug-likeness (QED) is 0.132. The molecule has 3 N–H and O–H groups in total.